The summed E-state index contributed by atoms with van der Waals surface area (Å²) < 4.78 is 22.7. The monoisotopic (exact) mass is 1430 g/mol. The summed E-state index contributed by atoms with van der Waals surface area (Å²) in [4.78, 5) is 7.29. The lowest BCUT2D eigenvalue weighted by atomic mass is 9.79. The molecule has 106 heavy (non-hydrogen) atoms. The number of halogens is 1. The topological polar surface area (TPSA) is 94.5 Å². The molecule has 4 aromatic heterocycles. The molecule has 0 radical (unpaired) electrons. The van der Waals surface area contributed by atoms with Crippen molar-refractivity contribution < 1.29 is 9.31 Å². The highest BCUT2D eigenvalue weighted by Gasteiger charge is 2.51. The maximum Gasteiger partial charge on any atom is 0.494 e. The lowest BCUT2D eigenvalue weighted by Gasteiger charge is -2.32. The van der Waals surface area contributed by atoms with Gasteiger partial charge in [-0.3, -0.25) is 0 Å². The quantitative estimate of drug-likeness (QED) is 0.112. The Morgan fingerprint density at radius 2 is 0.679 bits per heavy atom. The van der Waals surface area contributed by atoms with Crippen LogP contribution in [-0.2, 0) is 9.31 Å². The van der Waals surface area contributed by atoms with Crippen molar-refractivity contribution in [3.05, 3.63) is 354 Å². The molecule has 0 amide bonds. The molecular formula is C94H64BBrN8O2. The van der Waals surface area contributed by atoms with Crippen molar-refractivity contribution >= 4 is 127 Å². The van der Waals surface area contributed by atoms with Crippen LogP contribution in [0.4, 0.5) is 11.4 Å². The molecule has 0 bridgehead atoms. The number of nitriles is 2. The normalized spacial score (nSPS) is 13.0. The van der Waals surface area contributed by atoms with Crippen molar-refractivity contribution in [3.63, 3.8) is 0 Å². The van der Waals surface area contributed by atoms with Crippen LogP contribution < -0.4 is 5.46 Å². The van der Waals surface area contributed by atoms with E-state index in [0.717, 1.165) is 110 Å². The number of aromatic nitrogens is 4. The van der Waals surface area contributed by atoms with Crippen LogP contribution in [0.15, 0.2) is 320 Å². The van der Waals surface area contributed by atoms with E-state index in [1.165, 1.54) is 43.6 Å². The van der Waals surface area contributed by atoms with E-state index in [0.29, 0.717) is 22.5 Å². The zero-order valence-electron chi connectivity index (χ0n) is 58.4. The number of para-hydroxylation sites is 6. The van der Waals surface area contributed by atoms with E-state index in [2.05, 4.69) is 290 Å². The summed E-state index contributed by atoms with van der Waals surface area (Å²) in [6.07, 6.45) is 0. The number of rotatable bonds is 8. The number of hydrogen-bond acceptors (Lipinski definition) is 4. The molecule has 0 N–H and O–H groups in total. The zero-order chi connectivity index (χ0) is 72.4. The lowest BCUT2D eigenvalue weighted by molar-refractivity contribution is 0.00578. The Bertz CT molecular complexity index is 6620. The smallest absolute Gasteiger partial charge is 0.399 e. The highest BCUT2D eigenvalue weighted by atomic mass is 79.9. The highest BCUT2D eigenvalue weighted by Crippen LogP contribution is 2.43. The van der Waals surface area contributed by atoms with E-state index in [9.17, 15) is 10.5 Å². The molecule has 19 rings (SSSR count). The van der Waals surface area contributed by atoms with Crippen molar-refractivity contribution in [2.24, 2.45) is 0 Å². The standard InChI is InChI=1S/C44H26N4.C26H14BrN3.C24H24BNO2/c1-46-33-22-24-44-39(27-33)37-13-4-7-16-42(37)48(44)43-23-17-29(28-45)25-38(43)31-20-18-30(19-21-31)32-9-8-10-34(26-32)47-40-14-5-2-11-35(40)36-12-3-6-15-41(36)47;1-29-20-11-13-26-23(15-20)21-4-2-3-5-24(21)30(26)25-12-6-17(16-28)14-22(25)18-7-9-19(27)10-8-18;1-23(2)24(3,4)28-25(27-23)17-10-9-11-18(16-17)26-21-14-7-5-12-19(21)20-13-6-8-15-22(20)26/h2-27H;2-15H;5-16H,1-4H3. The van der Waals surface area contributed by atoms with Crippen LogP contribution in [0, 0.1) is 35.8 Å². The predicted octanol–water partition coefficient (Wildman–Crippen LogP) is 24.4. The lowest BCUT2D eigenvalue weighted by Crippen LogP contribution is -2.41. The Labute approximate surface area is 622 Å². The molecule has 0 unspecified atom stereocenters. The maximum absolute atomic E-state index is 9.87. The minimum Gasteiger partial charge on any atom is -0.399 e. The van der Waals surface area contributed by atoms with Crippen LogP contribution in [0.5, 0.6) is 0 Å². The highest BCUT2D eigenvalue weighted by molar-refractivity contribution is 9.10. The van der Waals surface area contributed by atoms with Gasteiger partial charge in [0.1, 0.15) is 0 Å². The first kappa shape index (κ1) is 66.0. The van der Waals surface area contributed by atoms with Crippen LogP contribution >= 0.6 is 15.9 Å². The summed E-state index contributed by atoms with van der Waals surface area (Å²) in [6.45, 7) is 23.3. The number of nitrogens with zero attached hydrogens (tertiary/aromatic N) is 8. The largest absolute Gasteiger partial charge is 0.494 e. The molecule has 0 atom stereocenters. The summed E-state index contributed by atoms with van der Waals surface area (Å²) in [5.74, 6) is 0. The van der Waals surface area contributed by atoms with Gasteiger partial charge in [0, 0.05) is 59.3 Å². The van der Waals surface area contributed by atoms with Gasteiger partial charge in [-0.05, 0) is 200 Å². The van der Waals surface area contributed by atoms with Gasteiger partial charge >= 0.3 is 7.12 Å². The molecular weight excluding hydrogens is 1360 g/mol. The van der Waals surface area contributed by atoms with Gasteiger partial charge in [-0.15, -0.1) is 0 Å². The molecule has 1 fully saturated rings. The molecule has 0 saturated carbocycles. The van der Waals surface area contributed by atoms with Crippen LogP contribution in [0.25, 0.3) is 153 Å². The first-order chi connectivity index (χ1) is 51.8. The van der Waals surface area contributed by atoms with Crippen LogP contribution in [0.1, 0.15) is 38.8 Å². The van der Waals surface area contributed by atoms with Crippen molar-refractivity contribution in [2.45, 2.75) is 38.9 Å². The van der Waals surface area contributed by atoms with Crippen molar-refractivity contribution in [1.29, 1.82) is 10.5 Å². The first-order valence-electron chi connectivity index (χ1n) is 35.1. The number of fused-ring (bicyclic) bond motifs is 12. The van der Waals surface area contributed by atoms with Crippen molar-refractivity contribution in [1.82, 2.24) is 18.3 Å². The predicted molar refractivity (Wildman–Crippen MR) is 438 cm³/mol. The van der Waals surface area contributed by atoms with Crippen LogP contribution in [0.2, 0.25) is 0 Å². The maximum atomic E-state index is 9.87. The Balaban J connectivity index is 0.000000124. The number of hydrogen-bond donors (Lipinski definition) is 0. The van der Waals surface area contributed by atoms with Crippen molar-refractivity contribution in [2.75, 3.05) is 0 Å². The van der Waals surface area contributed by atoms with Gasteiger partial charge in [0.2, 0.25) is 0 Å². The fourth-order valence-corrected chi connectivity index (χ4v) is 15.4. The SMILES string of the molecule is CC1(C)OB(c2cccc(-n3c4ccccc4c4ccccc43)c2)OC1(C)C.[C-]#[N+]c1ccc2c(c1)c1ccccc1n2-c1ccc(C#N)cc1-c1ccc(-c2cccc(-n3c4ccccc4c4ccccc43)c2)cc1.[C-]#[N+]c1ccc2c(c1)c1ccccc1n2-c1ccc(C#N)cc1-c1ccc(Br)cc1. The molecule has 18 aromatic rings. The molecule has 10 nitrogen and oxygen atoms in total. The fraction of sp³-hybridized carbons (Fsp3) is 0.0638. The minimum absolute atomic E-state index is 0.347. The zero-order valence-corrected chi connectivity index (χ0v) is 60.0. The van der Waals surface area contributed by atoms with Gasteiger partial charge in [-0.2, -0.15) is 10.5 Å². The van der Waals surface area contributed by atoms with E-state index in [1.807, 2.05) is 109 Å². The van der Waals surface area contributed by atoms with Gasteiger partial charge in [0.15, 0.2) is 11.4 Å². The Kier molecular flexibility index (Phi) is 16.7. The summed E-state index contributed by atoms with van der Waals surface area (Å²) in [5, 5.41) is 28.6. The van der Waals surface area contributed by atoms with E-state index < -0.39 is 0 Å². The van der Waals surface area contributed by atoms with E-state index in [1.54, 1.807) is 0 Å². The Morgan fingerprint density at radius 1 is 0.330 bits per heavy atom. The summed E-state index contributed by atoms with van der Waals surface area (Å²) in [6, 6.07) is 113. The third kappa shape index (κ3) is 11.5. The molecule has 12 heteroatoms. The molecule has 1 aliphatic heterocycles. The molecule has 0 aliphatic carbocycles. The molecule has 5 heterocycles. The summed E-state index contributed by atoms with van der Waals surface area (Å²) in [7, 11) is -0.363. The second-order valence-corrected chi connectivity index (χ2v) is 28.5. The van der Waals surface area contributed by atoms with Crippen molar-refractivity contribution in [3.8, 4) is 68.3 Å². The van der Waals surface area contributed by atoms with E-state index in [-0.39, 0.29) is 18.3 Å². The molecule has 1 aliphatic rings. The second kappa shape index (κ2) is 26.8. The van der Waals surface area contributed by atoms with Gasteiger partial charge in [0.05, 0.1) is 103 Å². The van der Waals surface area contributed by atoms with Gasteiger partial charge in [0.25, 0.3) is 0 Å². The Hall–Kier alpha value is -13.3. The van der Waals surface area contributed by atoms with Gasteiger partial charge in [-0.1, -0.05) is 198 Å². The molecule has 502 valence electrons. The van der Waals surface area contributed by atoms with Crippen LogP contribution in [0.3, 0.4) is 0 Å². The number of benzene rings is 14. The summed E-state index contributed by atoms with van der Waals surface area (Å²) in [5.41, 5.74) is 22.2. The van der Waals surface area contributed by atoms with Gasteiger partial charge in [-0.25, -0.2) is 9.69 Å². The average molecular weight is 1430 g/mol. The second-order valence-electron chi connectivity index (χ2n) is 27.6. The third-order valence-electron chi connectivity index (χ3n) is 20.9. The minimum atomic E-state index is -0.363. The van der Waals surface area contributed by atoms with E-state index >= 15 is 0 Å². The molecule has 14 aromatic carbocycles. The first-order valence-corrected chi connectivity index (χ1v) is 35.9. The Morgan fingerprint density at radius 3 is 1.08 bits per heavy atom. The molecule has 1 saturated heterocycles. The van der Waals surface area contributed by atoms with Gasteiger partial charge < -0.3 is 27.6 Å². The average Bonchev–Trinajstić information content (AvgIpc) is 1.63. The van der Waals surface area contributed by atoms with E-state index in [4.69, 9.17) is 22.5 Å². The fourth-order valence-electron chi connectivity index (χ4n) is 15.1. The van der Waals surface area contributed by atoms with Crippen LogP contribution in [-0.4, -0.2) is 36.6 Å². The third-order valence-corrected chi connectivity index (χ3v) is 21.4. The summed E-state index contributed by atoms with van der Waals surface area (Å²) >= 11 is 3.50. The molecule has 0 spiro atoms.